The van der Waals surface area contributed by atoms with E-state index in [4.69, 9.17) is 4.74 Å². The molecule has 1 aromatic rings. The van der Waals surface area contributed by atoms with Crippen LogP contribution in [0.2, 0.25) is 0 Å². The molecule has 0 bridgehead atoms. The number of aryl methyl sites for hydroxylation is 1. The van der Waals surface area contributed by atoms with Gasteiger partial charge in [-0.3, -0.25) is 0 Å². The maximum absolute atomic E-state index is 9.93. The van der Waals surface area contributed by atoms with Crippen molar-refractivity contribution in [3.63, 3.8) is 0 Å². The molecular formula is C15H22BrNO2. The SMILES string of the molecule is Cc1ccc(Br)cc1NCC(O)COC1CCCC1. The number of aliphatic hydroxyl groups is 1. The molecule has 0 aromatic heterocycles. The molecule has 0 saturated heterocycles. The molecule has 2 N–H and O–H groups in total. The molecule has 0 aliphatic heterocycles. The zero-order valence-electron chi connectivity index (χ0n) is 11.4. The second-order valence-electron chi connectivity index (χ2n) is 5.23. The Balaban J connectivity index is 1.73. The summed E-state index contributed by atoms with van der Waals surface area (Å²) in [7, 11) is 0. The number of rotatable bonds is 6. The van der Waals surface area contributed by atoms with Crippen LogP contribution < -0.4 is 5.32 Å². The fourth-order valence-electron chi connectivity index (χ4n) is 2.37. The monoisotopic (exact) mass is 327 g/mol. The number of ether oxygens (including phenoxy) is 1. The molecule has 1 aliphatic carbocycles. The smallest absolute Gasteiger partial charge is 0.0945 e. The normalized spacial score (nSPS) is 17.6. The van der Waals surface area contributed by atoms with Crippen LogP contribution in [0.3, 0.4) is 0 Å². The minimum absolute atomic E-state index is 0.363. The van der Waals surface area contributed by atoms with Gasteiger partial charge in [-0.15, -0.1) is 0 Å². The molecule has 1 aromatic carbocycles. The minimum Gasteiger partial charge on any atom is -0.389 e. The molecule has 1 aliphatic rings. The van der Waals surface area contributed by atoms with Crippen molar-refractivity contribution < 1.29 is 9.84 Å². The van der Waals surface area contributed by atoms with Gasteiger partial charge in [-0.25, -0.2) is 0 Å². The maximum atomic E-state index is 9.93. The summed E-state index contributed by atoms with van der Waals surface area (Å²) >= 11 is 3.45. The van der Waals surface area contributed by atoms with E-state index in [9.17, 15) is 5.11 Å². The van der Waals surface area contributed by atoms with E-state index in [2.05, 4.69) is 28.2 Å². The van der Waals surface area contributed by atoms with Crippen molar-refractivity contribution in [2.45, 2.75) is 44.8 Å². The maximum Gasteiger partial charge on any atom is 0.0945 e. The Morgan fingerprint density at radius 1 is 1.42 bits per heavy atom. The standard InChI is InChI=1S/C15H22BrNO2/c1-11-6-7-12(16)8-15(11)17-9-13(18)10-19-14-4-2-3-5-14/h6-8,13-14,17-18H,2-5,9-10H2,1H3. The summed E-state index contributed by atoms with van der Waals surface area (Å²) in [6, 6.07) is 6.09. The summed E-state index contributed by atoms with van der Waals surface area (Å²) in [6.07, 6.45) is 4.71. The third-order valence-electron chi connectivity index (χ3n) is 3.55. The molecule has 2 rings (SSSR count). The van der Waals surface area contributed by atoms with Crippen LogP contribution in [0.4, 0.5) is 5.69 Å². The van der Waals surface area contributed by atoms with Crippen molar-refractivity contribution in [2.24, 2.45) is 0 Å². The number of hydrogen-bond acceptors (Lipinski definition) is 3. The van der Waals surface area contributed by atoms with E-state index in [-0.39, 0.29) is 0 Å². The molecule has 1 atom stereocenters. The molecular weight excluding hydrogens is 306 g/mol. The molecule has 0 spiro atoms. The summed E-state index contributed by atoms with van der Waals surface area (Å²) in [6.45, 7) is 2.99. The van der Waals surface area contributed by atoms with Crippen molar-refractivity contribution >= 4 is 21.6 Å². The van der Waals surface area contributed by atoms with Crippen LogP contribution in [0, 0.1) is 6.92 Å². The Bertz CT molecular complexity index is 405. The summed E-state index contributed by atoms with van der Waals surface area (Å²) < 4.78 is 6.75. The Hall–Kier alpha value is -0.580. The Kier molecular flexibility index (Phi) is 5.67. The van der Waals surface area contributed by atoms with E-state index in [1.165, 1.54) is 18.4 Å². The first-order valence-electron chi connectivity index (χ1n) is 6.95. The second-order valence-corrected chi connectivity index (χ2v) is 6.15. The van der Waals surface area contributed by atoms with E-state index in [1.54, 1.807) is 0 Å². The minimum atomic E-state index is -0.459. The lowest BCUT2D eigenvalue weighted by Crippen LogP contribution is -2.27. The van der Waals surface area contributed by atoms with Crippen LogP contribution in [0.1, 0.15) is 31.2 Å². The highest BCUT2D eigenvalue weighted by Crippen LogP contribution is 2.22. The Morgan fingerprint density at radius 3 is 2.89 bits per heavy atom. The average molecular weight is 328 g/mol. The largest absolute Gasteiger partial charge is 0.389 e. The molecule has 0 heterocycles. The van der Waals surface area contributed by atoms with Crippen LogP contribution in [0.15, 0.2) is 22.7 Å². The lowest BCUT2D eigenvalue weighted by atomic mass is 10.2. The number of nitrogens with one attached hydrogen (secondary N) is 1. The van der Waals surface area contributed by atoms with Crippen LogP contribution in [0.5, 0.6) is 0 Å². The third-order valence-corrected chi connectivity index (χ3v) is 4.05. The Labute approximate surface area is 123 Å². The first-order chi connectivity index (χ1) is 9.15. The fourth-order valence-corrected chi connectivity index (χ4v) is 2.73. The van der Waals surface area contributed by atoms with Crippen molar-refractivity contribution in [3.8, 4) is 0 Å². The van der Waals surface area contributed by atoms with Crippen molar-refractivity contribution in [1.29, 1.82) is 0 Å². The molecule has 1 saturated carbocycles. The summed E-state index contributed by atoms with van der Waals surface area (Å²) in [5.74, 6) is 0. The molecule has 3 nitrogen and oxygen atoms in total. The number of benzene rings is 1. The van der Waals surface area contributed by atoms with Gasteiger partial charge < -0.3 is 15.2 Å². The average Bonchev–Trinajstić information content (AvgIpc) is 2.90. The number of halogens is 1. The second kappa shape index (κ2) is 7.27. The van der Waals surface area contributed by atoms with Crippen LogP contribution >= 0.6 is 15.9 Å². The lowest BCUT2D eigenvalue weighted by Gasteiger charge is -2.17. The number of hydrogen-bond donors (Lipinski definition) is 2. The lowest BCUT2D eigenvalue weighted by molar-refractivity contribution is -0.00117. The van der Waals surface area contributed by atoms with E-state index in [1.807, 2.05) is 18.2 Å². The molecule has 0 radical (unpaired) electrons. The number of aliphatic hydroxyl groups excluding tert-OH is 1. The molecule has 4 heteroatoms. The van der Waals surface area contributed by atoms with Gasteiger partial charge in [0.15, 0.2) is 0 Å². The quantitative estimate of drug-likeness (QED) is 0.840. The van der Waals surface area contributed by atoms with E-state index >= 15 is 0 Å². The summed E-state index contributed by atoms with van der Waals surface area (Å²) in [5.41, 5.74) is 2.22. The Morgan fingerprint density at radius 2 is 2.16 bits per heavy atom. The van der Waals surface area contributed by atoms with Crippen LogP contribution in [-0.2, 0) is 4.74 Å². The van der Waals surface area contributed by atoms with Gasteiger partial charge in [0.2, 0.25) is 0 Å². The van der Waals surface area contributed by atoms with Gasteiger partial charge in [0.05, 0.1) is 18.8 Å². The summed E-state index contributed by atoms with van der Waals surface area (Å²) in [4.78, 5) is 0. The van der Waals surface area contributed by atoms with Crippen LogP contribution in [-0.4, -0.2) is 30.5 Å². The van der Waals surface area contributed by atoms with E-state index in [0.717, 1.165) is 23.0 Å². The topological polar surface area (TPSA) is 41.5 Å². The van der Waals surface area contributed by atoms with Crippen molar-refractivity contribution in [2.75, 3.05) is 18.5 Å². The van der Waals surface area contributed by atoms with Gasteiger partial charge in [0.25, 0.3) is 0 Å². The first kappa shape index (κ1) is 14.8. The van der Waals surface area contributed by atoms with Gasteiger partial charge in [-0.2, -0.15) is 0 Å². The third kappa shape index (κ3) is 4.79. The molecule has 19 heavy (non-hydrogen) atoms. The van der Waals surface area contributed by atoms with Gasteiger partial charge in [0, 0.05) is 16.7 Å². The van der Waals surface area contributed by atoms with Gasteiger partial charge in [-0.05, 0) is 37.5 Å². The van der Waals surface area contributed by atoms with Gasteiger partial charge in [0.1, 0.15) is 0 Å². The van der Waals surface area contributed by atoms with Crippen LogP contribution in [0.25, 0.3) is 0 Å². The summed E-state index contributed by atoms with van der Waals surface area (Å²) in [5, 5.41) is 13.2. The highest BCUT2D eigenvalue weighted by atomic mass is 79.9. The van der Waals surface area contributed by atoms with Crippen molar-refractivity contribution in [3.05, 3.63) is 28.2 Å². The molecule has 0 amide bonds. The highest BCUT2D eigenvalue weighted by Gasteiger charge is 2.16. The first-order valence-corrected chi connectivity index (χ1v) is 7.74. The van der Waals surface area contributed by atoms with Gasteiger partial charge in [-0.1, -0.05) is 34.8 Å². The van der Waals surface area contributed by atoms with Crippen molar-refractivity contribution in [1.82, 2.24) is 0 Å². The van der Waals surface area contributed by atoms with Gasteiger partial charge >= 0.3 is 0 Å². The molecule has 106 valence electrons. The molecule has 1 fully saturated rings. The van der Waals surface area contributed by atoms with E-state index in [0.29, 0.717) is 19.3 Å². The number of anilines is 1. The predicted octanol–water partition coefficient (Wildman–Crippen LogP) is 3.49. The molecule has 1 unspecified atom stereocenters. The van der Waals surface area contributed by atoms with E-state index < -0.39 is 6.10 Å². The zero-order valence-corrected chi connectivity index (χ0v) is 12.9. The zero-order chi connectivity index (χ0) is 13.7. The fraction of sp³-hybridized carbons (Fsp3) is 0.600. The highest BCUT2D eigenvalue weighted by molar-refractivity contribution is 9.10. The predicted molar refractivity (Wildman–Crippen MR) is 81.6 cm³/mol.